The predicted molar refractivity (Wildman–Crippen MR) is 68.6 cm³/mol. The summed E-state index contributed by atoms with van der Waals surface area (Å²) in [5.74, 6) is 2.69. The Morgan fingerprint density at radius 1 is 1.40 bits per heavy atom. The predicted octanol–water partition coefficient (Wildman–Crippen LogP) is 3.51. The van der Waals surface area contributed by atoms with E-state index in [0.717, 1.165) is 10.9 Å². The van der Waals surface area contributed by atoms with Gasteiger partial charge in [0.25, 0.3) is 0 Å². The quantitative estimate of drug-likeness (QED) is 0.822. The van der Waals surface area contributed by atoms with Crippen LogP contribution in [0.4, 0.5) is 0 Å². The van der Waals surface area contributed by atoms with Gasteiger partial charge in [0.15, 0.2) is 0 Å². The minimum absolute atomic E-state index is 0.110. The zero-order valence-electron chi connectivity index (χ0n) is 9.13. The highest BCUT2D eigenvalue weighted by Crippen LogP contribution is 2.19. The van der Waals surface area contributed by atoms with Crippen molar-refractivity contribution in [1.82, 2.24) is 5.32 Å². The fourth-order valence-corrected chi connectivity index (χ4v) is 1.76. The highest BCUT2D eigenvalue weighted by Gasteiger charge is 2.10. The molecule has 2 unspecified atom stereocenters. The molecule has 0 amide bonds. The number of benzene rings is 1. The number of terminal acetylenes is 1. The Morgan fingerprint density at radius 2 is 2.00 bits per heavy atom. The first-order valence-electron chi connectivity index (χ1n) is 5.15. The molecule has 0 spiro atoms. The van der Waals surface area contributed by atoms with Crippen LogP contribution in [0.1, 0.15) is 31.9 Å². The molecular weight excluding hydrogens is 250 g/mol. The molecule has 0 bridgehead atoms. The van der Waals surface area contributed by atoms with Crippen LogP contribution >= 0.6 is 15.9 Å². The number of hydrogen-bond acceptors (Lipinski definition) is 1. The summed E-state index contributed by atoms with van der Waals surface area (Å²) < 4.78 is 1.10. The van der Waals surface area contributed by atoms with Crippen LogP contribution in [0.15, 0.2) is 28.7 Å². The molecule has 1 aromatic rings. The molecule has 0 saturated carbocycles. The summed E-state index contributed by atoms with van der Waals surface area (Å²) in [5, 5.41) is 3.40. The Labute approximate surface area is 100 Å². The second kappa shape index (κ2) is 5.95. The lowest BCUT2D eigenvalue weighted by atomic mass is 10.0. The van der Waals surface area contributed by atoms with Crippen LogP contribution in [0.25, 0.3) is 0 Å². The second-order valence-electron chi connectivity index (χ2n) is 3.57. The van der Waals surface area contributed by atoms with E-state index in [1.807, 2.05) is 6.92 Å². The first-order chi connectivity index (χ1) is 7.17. The average Bonchev–Trinajstić information content (AvgIpc) is 2.27. The van der Waals surface area contributed by atoms with E-state index in [1.165, 1.54) is 5.56 Å². The van der Waals surface area contributed by atoms with E-state index in [0.29, 0.717) is 6.04 Å². The van der Waals surface area contributed by atoms with Crippen molar-refractivity contribution in [2.45, 2.75) is 32.4 Å². The third-order valence-electron chi connectivity index (χ3n) is 2.38. The lowest BCUT2D eigenvalue weighted by Gasteiger charge is -2.19. The van der Waals surface area contributed by atoms with Crippen molar-refractivity contribution in [1.29, 1.82) is 0 Å². The van der Waals surface area contributed by atoms with Gasteiger partial charge in [0.2, 0.25) is 0 Å². The maximum atomic E-state index is 5.36. The molecule has 1 nitrogen and oxygen atoms in total. The van der Waals surface area contributed by atoms with Gasteiger partial charge < -0.3 is 0 Å². The van der Waals surface area contributed by atoms with Crippen LogP contribution in [-0.2, 0) is 0 Å². The number of nitrogens with one attached hydrogen (secondary N) is 1. The van der Waals surface area contributed by atoms with Gasteiger partial charge >= 0.3 is 0 Å². The van der Waals surface area contributed by atoms with Crippen LogP contribution in [-0.4, -0.2) is 6.04 Å². The van der Waals surface area contributed by atoms with E-state index in [2.05, 4.69) is 58.4 Å². The van der Waals surface area contributed by atoms with Gasteiger partial charge in [-0.1, -0.05) is 40.9 Å². The Bertz CT molecular complexity index is 337. The van der Waals surface area contributed by atoms with E-state index in [9.17, 15) is 0 Å². The molecular formula is C13H16BrN. The van der Waals surface area contributed by atoms with Crippen molar-refractivity contribution in [3.05, 3.63) is 34.3 Å². The molecule has 2 atom stereocenters. The molecule has 1 aromatic carbocycles. The van der Waals surface area contributed by atoms with Crippen LogP contribution in [0.3, 0.4) is 0 Å². The van der Waals surface area contributed by atoms with Crippen molar-refractivity contribution < 1.29 is 0 Å². The Balaban J connectivity index is 2.75. The summed E-state index contributed by atoms with van der Waals surface area (Å²) in [6, 6.07) is 8.80. The minimum Gasteiger partial charge on any atom is -0.297 e. The fraction of sp³-hybridized carbons (Fsp3) is 0.385. The Morgan fingerprint density at radius 3 is 2.47 bits per heavy atom. The van der Waals surface area contributed by atoms with Gasteiger partial charge in [-0.25, -0.2) is 0 Å². The smallest absolute Gasteiger partial charge is 0.0663 e. The largest absolute Gasteiger partial charge is 0.297 e. The van der Waals surface area contributed by atoms with Gasteiger partial charge in [0.1, 0.15) is 0 Å². The molecule has 80 valence electrons. The summed E-state index contributed by atoms with van der Waals surface area (Å²) >= 11 is 3.43. The van der Waals surface area contributed by atoms with Gasteiger partial charge in [0.05, 0.1) is 6.04 Å². The average molecular weight is 266 g/mol. The number of halogens is 1. The topological polar surface area (TPSA) is 12.0 Å². The third kappa shape index (κ3) is 3.70. The SMILES string of the molecule is C#CC(C)NC(CC)c1ccc(Br)cc1. The Kier molecular flexibility index (Phi) is 4.87. The zero-order valence-corrected chi connectivity index (χ0v) is 10.7. The molecule has 0 aliphatic carbocycles. The third-order valence-corrected chi connectivity index (χ3v) is 2.91. The van der Waals surface area contributed by atoms with Crippen LogP contribution in [0, 0.1) is 12.3 Å². The van der Waals surface area contributed by atoms with Crippen LogP contribution in [0.5, 0.6) is 0 Å². The molecule has 0 aliphatic heterocycles. The van der Waals surface area contributed by atoms with Gasteiger partial charge in [-0.3, -0.25) is 5.32 Å². The van der Waals surface area contributed by atoms with Crippen LogP contribution in [0.2, 0.25) is 0 Å². The molecule has 0 aromatic heterocycles. The minimum atomic E-state index is 0.110. The maximum absolute atomic E-state index is 5.36. The van der Waals surface area contributed by atoms with Gasteiger partial charge in [-0.05, 0) is 31.0 Å². The van der Waals surface area contributed by atoms with Crippen molar-refractivity contribution in [2.24, 2.45) is 0 Å². The van der Waals surface area contributed by atoms with E-state index < -0.39 is 0 Å². The van der Waals surface area contributed by atoms with Gasteiger partial charge in [0, 0.05) is 10.5 Å². The summed E-state index contributed by atoms with van der Waals surface area (Å²) in [7, 11) is 0. The van der Waals surface area contributed by atoms with Crippen molar-refractivity contribution in [3.8, 4) is 12.3 Å². The first-order valence-corrected chi connectivity index (χ1v) is 5.94. The van der Waals surface area contributed by atoms with Crippen molar-refractivity contribution in [3.63, 3.8) is 0 Å². The highest BCUT2D eigenvalue weighted by atomic mass is 79.9. The molecule has 15 heavy (non-hydrogen) atoms. The zero-order chi connectivity index (χ0) is 11.3. The number of rotatable bonds is 4. The van der Waals surface area contributed by atoms with E-state index in [4.69, 9.17) is 6.42 Å². The van der Waals surface area contributed by atoms with Crippen LogP contribution < -0.4 is 5.32 Å². The van der Waals surface area contributed by atoms with E-state index in [-0.39, 0.29) is 6.04 Å². The highest BCUT2D eigenvalue weighted by molar-refractivity contribution is 9.10. The second-order valence-corrected chi connectivity index (χ2v) is 4.48. The monoisotopic (exact) mass is 265 g/mol. The lowest BCUT2D eigenvalue weighted by molar-refractivity contribution is 0.497. The molecule has 0 aliphatic rings. The summed E-state index contributed by atoms with van der Waals surface area (Å²) in [5.41, 5.74) is 1.28. The molecule has 0 fully saturated rings. The van der Waals surface area contributed by atoms with E-state index in [1.54, 1.807) is 0 Å². The van der Waals surface area contributed by atoms with Crippen molar-refractivity contribution >= 4 is 15.9 Å². The molecule has 0 heterocycles. The Hall–Kier alpha value is -0.780. The van der Waals surface area contributed by atoms with E-state index >= 15 is 0 Å². The molecule has 0 saturated heterocycles. The van der Waals surface area contributed by atoms with Gasteiger partial charge in [-0.15, -0.1) is 6.42 Å². The normalized spacial score (nSPS) is 14.3. The molecule has 1 rings (SSSR count). The maximum Gasteiger partial charge on any atom is 0.0663 e. The standard InChI is InChI=1S/C13H16BrN/c1-4-10(3)15-13(5-2)11-6-8-12(14)9-7-11/h1,6-10,13,15H,5H2,2-3H3. The van der Waals surface area contributed by atoms with Gasteiger partial charge in [-0.2, -0.15) is 0 Å². The first kappa shape index (κ1) is 12.3. The fourth-order valence-electron chi connectivity index (χ4n) is 1.49. The molecule has 0 radical (unpaired) electrons. The molecule has 1 N–H and O–H groups in total. The summed E-state index contributed by atoms with van der Waals surface area (Å²) in [6.07, 6.45) is 6.39. The lowest BCUT2D eigenvalue weighted by Crippen LogP contribution is -2.28. The summed E-state index contributed by atoms with van der Waals surface area (Å²) in [6.45, 7) is 4.16. The molecule has 2 heteroatoms. The van der Waals surface area contributed by atoms with Crippen molar-refractivity contribution in [2.75, 3.05) is 0 Å². The summed E-state index contributed by atoms with van der Waals surface area (Å²) in [4.78, 5) is 0. The number of hydrogen-bond donors (Lipinski definition) is 1.